The van der Waals surface area contributed by atoms with Crippen LogP contribution in [0.2, 0.25) is 0 Å². The largest absolute Gasteiger partial charge is 0.358 e. The second kappa shape index (κ2) is 5.40. The molecule has 3 rings (SSSR count). The van der Waals surface area contributed by atoms with Crippen LogP contribution in [-0.4, -0.2) is 20.1 Å². The summed E-state index contributed by atoms with van der Waals surface area (Å²) in [5.74, 6) is 2.05. The van der Waals surface area contributed by atoms with Gasteiger partial charge in [-0.1, -0.05) is 12.1 Å². The summed E-state index contributed by atoms with van der Waals surface area (Å²) < 4.78 is 5.27. The van der Waals surface area contributed by atoms with E-state index in [0.29, 0.717) is 11.7 Å². The molecule has 0 spiro atoms. The Balaban J connectivity index is 2.00. The van der Waals surface area contributed by atoms with Crippen LogP contribution in [0.25, 0.3) is 10.2 Å². The SMILES string of the molecule is CC[C@@H](Nc1ncnc2sc(C)c(C)c12)c1nc(C)no1. The molecule has 21 heavy (non-hydrogen) atoms. The highest BCUT2D eigenvalue weighted by Gasteiger charge is 2.19. The van der Waals surface area contributed by atoms with Crippen molar-refractivity contribution >= 4 is 27.4 Å². The lowest BCUT2D eigenvalue weighted by molar-refractivity contribution is 0.356. The number of nitrogens with zero attached hydrogens (tertiary/aromatic N) is 4. The quantitative estimate of drug-likeness (QED) is 0.794. The minimum Gasteiger partial charge on any atom is -0.358 e. The highest BCUT2D eigenvalue weighted by Crippen LogP contribution is 2.34. The molecule has 110 valence electrons. The van der Waals surface area contributed by atoms with Crippen molar-refractivity contribution in [1.29, 1.82) is 0 Å². The Kier molecular flexibility index (Phi) is 3.59. The van der Waals surface area contributed by atoms with E-state index in [4.69, 9.17) is 4.52 Å². The minimum absolute atomic E-state index is 0.0519. The zero-order valence-corrected chi connectivity index (χ0v) is 13.3. The number of aryl methyl sites for hydroxylation is 3. The van der Waals surface area contributed by atoms with Crippen LogP contribution in [0, 0.1) is 20.8 Å². The molecule has 0 saturated carbocycles. The summed E-state index contributed by atoms with van der Waals surface area (Å²) in [7, 11) is 0. The van der Waals surface area contributed by atoms with Gasteiger partial charge in [-0.25, -0.2) is 9.97 Å². The molecule has 0 aliphatic carbocycles. The highest BCUT2D eigenvalue weighted by atomic mass is 32.1. The zero-order chi connectivity index (χ0) is 15.0. The Morgan fingerprint density at radius 3 is 2.76 bits per heavy atom. The molecular formula is C14H17N5OS. The maximum absolute atomic E-state index is 5.27. The van der Waals surface area contributed by atoms with Crippen molar-refractivity contribution in [2.45, 2.75) is 40.2 Å². The number of hydrogen-bond donors (Lipinski definition) is 1. The maximum atomic E-state index is 5.27. The Morgan fingerprint density at radius 1 is 1.29 bits per heavy atom. The average Bonchev–Trinajstić information content (AvgIpc) is 3.01. The van der Waals surface area contributed by atoms with Crippen molar-refractivity contribution in [3.63, 3.8) is 0 Å². The second-order valence-corrected chi connectivity index (χ2v) is 6.17. The summed E-state index contributed by atoms with van der Waals surface area (Å²) in [5, 5.41) is 8.35. The molecule has 1 atom stereocenters. The van der Waals surface area contributed by atoms with E-state index >= 15 is 0 Å². The van der Waals surface area contributed by atoms with E-state index in [-0.39, 0.29) is 6.04 Å². The molecule has 3 heterocycles. The Labute approximate surface area is 126 Å². The number of hydrogen-bond acceptors (Lipinski definition) is 7. The maximum Gasteiger partial charge on any atom is 0.249 e. The molecule has 0 unspecified atom stereocenters. The van der Waals surface area contributed by atoms with Crippen molar-refractivity contribution in [3.8, 4) is 0 Å². The fourth-order valence-corrected chi connectivity index (χ4v) is 3.25. The van der Waals surface area contributed by atoms with E-state index in [1.54, 1.807) is 17.7 Å². The lowest BCUT2D eigenvalue weighted by atomic mass is 10.2. The molecule has 0 fully saturated rings. The number of aromatic nitrogens is 4. The van der Waals surface area contributed by atoms with E-state index in [1.165, 1.54) is 10.4 Å². The summed E-state index contributed by atoms with van der Waals surface area (Å²) in [5.41, 5.74) is 1.22. The predicted octanol–water partition coefficient (Wildman–Crippen LogP) is 3.56. The number of thiophene rings is 1. The third-order valence-corrected chi connectivity index (χ3v) is 4.64. The van der Waals surface area contributed by atoms with E-state index < -0.39 is 0 Å². The smallest absolute Gasteiger partial charge is 0.249 e. The van der Waals surface area contributed by atoms with Crippen LogP contribution in [-0.2, 0) is 0 Å². The fourth-order valence-electron chi connectivity index (χ4n) is 2.25. The van der Waals surface area contributed by atoms with Gasteiger partial charge in [-0.3, -0.25) is 0 Å². The Morgan fingerprint density at radius 2 is 2.10 bits per heavy atom. The van der Waals surface area contributed by atoms with Crippen LogP contribution in [0.3, 0.4) is 0 Å². The Hall–Kier alpha value is -2.02. The Bertz CT molecular complexity index is 779. The molecule has 0 bridgehead atoms. The minimum atomic E-state index is -0.0519. The van der Waals surface area contributed by atoms with E-state index in [1.807, 2.05) is 6.92 Å². The standard InChI is InChI=1S/C14H17N5OS/c1-5-10(13-17-9(4)19-20-13)18-12-11-7(2)8(3)21-14(11)16-6-15-12/h6,10H,5H2,1-4H3,(H,15,16,18)/t10-/m1/s1. The fraction of sp³-hybridized carbons (Fsp3) is 0.429. The zero-order valence-electron chi connectivity index (χ0n) is 12.5. The van der Waals surface area contributed by atoms with Crippen molar-refractivity contribution < 1.29 is 4.52 Å². The van der Waals surface area contributed by atoms with E-state index in [9.17, 15) is 0 Å². The predicted molar refractivity (Wildman–Crippen MR) is 82.6 cm³/mol. The summed E-state index contributed by atoms with van der Waals surface area (Å²) in [6.45, 7) is 8.08. The van der Waals surface area contributed by atoms with Crippen molar-refractivity contribution in [2.24, 2.45) is 0 Å². The average molecular weight is 303 g/mol. The second-order valence-electron chi connectivity index (χ2n) is 4.97. The van der Waals surface area contributed by atoms with Crippen LogP contribution in [0.15, 0.2) is 10.9 Å². The molecule has 3 aromatic rings. The summed E-state index contributed by atoms with van der Waals surface area (Å²) in [6.07, 6.45) is 2.42. The van der Waals surface area contributed by atoms with Gasteiger partial charge in [-0.15, -0.1) is 11.3 Å². The number of rotatable bonds is 4. The molecular weight excluding hydrogens is 286 g/mol. The molecule has 0 aliphatic rings. The first-order valence-electron chi connectivity index (χ1n) is 6.87. The molecule has 0 aromatic carbocycles. The summed E-state index contributed by atoms with van der Waals surface area (Å²) >= 11 is 1.69. The van der Waals surface area contributed by atoms with Gasteiger partial charge < -0.3 is 9.84 Å². The van der Waals surface area contributed by atoms with Gasteiger partial charge in [0.15, 0.2) is 5.82 Å². The third-order valence-electron chi connectivity index (χ3n) is 3.53. The summed E-state index contributed by atoms with van der Waals surface area (Å²) in [4.78, 5) is 15.3. The first kappa shape index (κ1) is 13.9. The first-order chi connectivity index (χ1) is 10.1. The van der Waals surface area contributed by atoms with Gasteiger partial charge in [0.05, 0.1) is 5.39 Å². The molecule has 0 saturated heterocycles. The molecule has 0 amide bonds. The van der Waals surface area contributed by atoms with Gasteiger partial charge in [0, 0.05) is 4.88 Å². The normalized spacial score (nSPS) is 12.8. The van der Waals surface area contributed by atoms with Crippen molar-refractivity contribution in [1.82, 2.24) is 20.1 Å². The van der Waals surface area contributed by atoms with Gasteiger partial charge in [-0.2, -0.15) is 4.98 Å². The van der Waals surface area contributed by atoms with Gasteiger partial charge >= 0.3 is 0 Å². The van der Waals surface area contributed by atoms with Crippen LogP contribution in [0.1, 0.15) is 41.5 Å². The van der Waals surface area contributed by atoms with Crippen LogP contribution >= 0.6 is 11.3 Å². The molecule has 6 nitrogen and oxygen atoms in total. The highest BCUT2D eigenvalue weighted by molar-refractivity contribution is 7.18. The van der Waals surface area contributed by atoms with Crippen molar-refractivity contribution in [3.05, 3.63) is 28.5 Å². The number of fused-ring (bicyclic) bond motifs is 1. The van der Waals surface area contributed by atoms with Gasteiger partial charge in [0.2, 0.25) is 5.89 Å². The molecule has 0 aliphatic heterocycles. The molecule has 1 N–H and O–H groups in total. The first-order valence-corrected chi connectivity index (χ1v) is 7.69. The molecule has 7 heteroatoms. The van der Waals surface area contributed by atoms with E-state index in [0.717, 1.165) is 22.5 Å². The van der Waals surface area contributed by atoms with Gasteiger partial charge in [0.1, 0.15) is 23.0 Å². The van der Waals surface area contributed by atoms with Crippen LogP contribution < -0.4 is 5.32 Å². The molecule has 3 aromatic heterocycles. The van der Waals surface area contributed by atoms with Crippen molar-refractivity contribution in [2.75, 3.05) is 5.32 Å². The van der Waals surface area contributed by atoms with Gasteiger partial charge in [0.25, 0.3) is 0 Å². The number of anilines is 1. The topological polar surface area (TPSA) is 76.7 Å². The lowest BCUT2D eigenvalue weighted by Gasteiger charge is -2.14. The lowest BCUT2D eigenvalue weighted by Crippen LogP contribution is -2.11. The summed E-state index contributed by atoms with van der Waals surface area (Å²) in [6, 6.07) is -0.0519. The number of nitrogens with one attached hydrogen (secondary N) is 1. The monoisotopic (exact) mass is 303 g/mol. The van der Waals surface area contributed by atoms with Crippen LogP contribution in [0.4, 0.5) is 5.82 Å². The van der Waals surface area contributed by atoms with E-state index in [2.05, 4.69) is 46.2 Å². The van der Waals surface area contributed by atoms with Crippen LogP contribution in [0.5, 0.6) is 0 Å². The van der Waals surface area contributed by atoms with Gasteiger partial charge in [-0.05, 0) is 32.8 Å². The molecule has 0 radical (unpaired) electrons. The third kappa shape index (κ3) is 2.49.